The van der Waals surface area contributed by atoms with Gasteiger partial charge in [-0.25, -0.2) is 4.98 Å². The van der Waals surface area contributed by atoms with Crippen molar-refractivity contribution in [2.45, 2.75) is 26.4 Å². The highest BCUT2D eigenvalue weighted by molar-refractivity contribution is 6.30. The van der Waals surface area contributed by atoms with Crippen LogP contribution in [-0.2, 0) is 6.54 Å². The molecule has 0 aliphatic carbocycles. The minimum absolute atomic E-state index is 0.587. The predicted molar refractivity (Wildman–Crippen MR) is 103 cm³/mol. The van der Waals surface area contributed by atoms with Crippen LogP contribution in [-0.4, -0.2) is 26.5 Å². The summed E-state index contributed by atoms with van der Waals surface area (Å²) in [6, 6.07) is 16.9. The Morgan fingerprint density at radius 3 is 2.60 bits per heavy atom. The number of aromatic nitrogens is 3. The third kappa shape index (κ3) is 3.03. The summed E-state index contributed by atoms with van der Waals surface area (Å²) in [5.41, 5.74) is 4.49. The van der Waals surface area contributed by atoms with Gasteiger partial charge >= 0.3 is 0 Å². The van der Waals surface area contributed by atoms with Gasteiger partial charge in [0, 0.05) is 11.2 Å². The summed E-state index contributed by atoms with van der Waals surface area (Å²) in [6.45, 7) is 6.37. The lowest BCUT2D eigenvalue weighted by molar-refractivity contribution is -0.683. The van der Waals surface area contributed by atoms with Gasteiger partial charge in [0.25, 0.3) is 0 Å². The van der Waals surface area contributed by atoms with Crippen molar-refractivity contribution in [3.05, 3.63) is 59.8 Å². The highest BCUT2D eigenvalue weighted by Crippen LogP contribution is 2.27. The molecule has 0 bridgehead atoms. The second-order valence-electron chi connectivity index (χ2n) is 6.71. The van der Waals surface area contributed by atoms with Gasteiger partial charge in [-0.3, -0.25) is 4.40 Å². The monoisotopic (exact) mass is 353 g/mol. The first-order valence-electron chi connectivity index (χ1n) is 8.69. The number of quaternary nitrogens is 1. The maximum absolute atomic E-state index is 6.06. The summed E-state index contributed by atoms with van der Waals surface area (Å²) in [7, 11) is 0. The van der Waals surface area contributed by atoms with Gasteiger partial charge in [-0.2, -0.15) is 0 Å². The van der Waals surface area contributed by atoms with Crippen LogP contribution in [0.25, 0.3) is 28.1 Å². The number of hydrogen-bond acceptors (Lipinski definition) is 1. The summed E-state index contributed by atoms with van der Waals surface area (Å²) >= 11 is 6.06. The average molecular weight is 354 g/mol. The predicted octanol–water partition coefficient (Wildman–Crippen LogP) is 3.58. The highest BCUT2D eigenvalue weighted by Gasteiger charge is 2.15. The standard InChI is InChI=1S/C20H21ClN4/c1-14(2)22-11-12-24-19(15-7-9-16(21)10-8-15)13-25-18-6-4-3-5-17(18)23-20(24)25/h3-10,13-14,22H,11-12H2,1-2H3/p+1. The Morgan fingerprint density at radius 2 is 1.84 bits per heavy atom. The molecule has 0 aliphatic rings. The fraction of sp³-hybridized carbons (Fsp3) is 0.250. The first-order chi connectivity index (χ1) is 12.1. The molecule has 0 saturated heterocycles. The zero-order valence-corrected chi connectivity index (χ0v) is 15.2. The third-order valence-electron chi connectivity index (χ3n) is 4.49. The molecule has 2 heterocycles. The molecule has 0 fully saturated rings. The summed E-state index contributed by atoms with van der Waals surface area (Å²) in [6.07, 6.45) is 2.18. The molecule has 5 heteroatoms. The molecule has 25 heavy (non-hydrogen) atoms. The van der Waals surface area contributed by atoms with Crippen LogP contribution in [0.2, 0.25) is 5.02 Å². The number of fused-ring (bicyclic) bond motifs is 3. The van der Waals surface area contributed by atoms with E-state index >= 15 is 0 Å². The number of imidazole rings is 2. The molecule has 2 aromatic heterocycles. The Bertz CT molecular complexity index is 1010. The van der Waals surface area contributed by atoms with Crippen LogP contribution < -0.4 is 5.32 Å². The van der Waals surface area contributed by atoms with Crippen molar-refractivity contribution in [2.75, 3.05) is 6.54 Å². The topological polar surface area (TPSA) is 38.8 Å². The fourth-order valence-corrected chi connectivity index (χ4v) is 3.38. The molecule has 4 nitrogen and oxygen atoms in total. The number of nitrogens with two attached hydrogens (primary N) is 1. The molecule has 4 rings (SSSR count). The number of hydrogen-bond donors (Lipinski definition) is 1. The number of halogens is 1. The first-order valence-corrected chi connectivity index (χ1v) is 9.07. The molecule has 128 valence electrons. The van der Waals surface area contributed by atoms with E-state index in [1.165, 1.54) is 5.69 Å². The summed E-state index contributed by atoms with van der Waals surface area (Å²) in [4.78, 5) is 4.86. The Hall–Kier alpha value is -2.30. The van der Waals surface area contributed by atoms with Crippen molar-refractivity contribution < 1.29 is 5.32 Å². The highest BCUT2D eigenvalue weighted by atomic mass is 35.5. The summed E-state index contributed by atoms with van der Waals surface area (Å²) < 4.78 is 4.50. The van der Waals surface area contributed by atoms with Crippen LogP contribution in [0, 0.1) is 0 Å². The maximum atomic E-state index is 6.06. The van der Waals surface area contributed by atoms with E-state index in [1.807, 2.05) is 18.2 Å². The van der Waals surface area contributed by atoms with Gasteiger partial charge in [0.1, 0.15) is 0 Å². The number of nitrogens with zero attached hydrogens (tertiary/aromatic N) is 3. The van der Waals surface area contributed by atoms with E-state index in [-0.39, 0.29) is 0 Å². The van der Waals surface area contributed by atoms with Crippen molar-refractivity contribution in [3.63, 3.8) is 0 Å². The van der Waals surface area contributed by atoms with Crippen LogP contribution in [0.1, 0.15) is 13.8 Å². The molecular formula is C20H22ClN4+. The van der Waals surface area contributed by atoms with Gasteiger partial charge < -0.3 is 9.88 Å². The van der Waals surface area contributed by atoms with E-state index in [0.29, 0.717) is 6.04 Å². The van der Waals surface area contributed by atoms with Gasteiger partial charge in [-0.1, -0.05) is 35.9 Å². The van der Waals surface area contributed by atoms with Crippen molar-refractivity contribution in [3.8, 4) is 11.3 Å². The minimum Gasteiger partial charge on any atom is -0.343 e. The van der Waals surface area contributed by atoms with Gasteiger partial charge in [0.15, 0.2) is 0 Å². The van der Waals surface area contributed by atoms with E-state index < -0.39 is 0 Å². The van der Waals surface area contributed by atoms with Gasteiger partial charge in [-0.15, -0.1) is 0 Å². The van der Waals surface area contributed by atoms with Crippen molar-refractivity contribution >= 4 is 28.4 Å². The SMILES string of the molecule is CC(C)[NH2+]CCn1c(-c2ccc(Cl)cc2)cn2c3ccccc3nc12. The second kappa shape index (κ2) is 6.54. The van der Waals surface area contributed by atoms with Gasteiger partial charge in [0.2, 0.25) is 5.78 Å². The Balaban J connectivity index is 1.86. The van der Waals surface area contributed by atoms with Crippen molar-refractivity contribution in [2.24, 2.45) is 0 Å². The lowest BCUT2D eigenvalue weighted by Crippen LogP contribution is -2.89. The summed E-state index contributed by atoms with van der Waals surface area (Å²) in [5.74, 6) is 0.989. The maximum Gasteiger partial charge on any atom is 0.215 e. The largest absolute Gasteiger partial charge is 0.343 e. The third-order valence-corrected chi connectivity index (χ3v) is 4.74. The van der Waals surface area contributed by atoms with Crippen LogP contribution in [0.5, 0.6) is 0 Å². The number of benzene rings is 2. The van der Waals surface area contributed by atoms with E-state index in [9.17, 15) is 0 Å². The molecule has 0 saturated carbocycles. The number of para-hydroxylation sites is 2. The van der Waals surface area contributed by atoms with E-state index in [4.69, 9.17) is 16.6 Å². The van der Waals surface area contributed by atoms with E-state index in [0.717, 1.165) is 40.5 Å². The second-order valence-corrected chi connectivity index (χ2v) is 7.15. The molecule has 0 aliphatic heterocycles. The molecule has 0 radical (unpaired) electrons. The molecule has 0 spiro atoms. The summed E-state index contributed by atoms with van der Waals surface area (Å²) in [5, 5.41) is 3.11. The smallest absolute Gasteiger partial charge is 0.215 e. The normalized spacial score (nSPS) is 11.8. The lowest BCUT2D eigenvalue weighted by Gasteiger charge is -2.10. The molecule has 2 N–H and O–H groups in total. The fourth-order valence-electron chi connectivity index (χ4n) is 3.26. The van der Waals surface area contributed by atoms with E-state index in [2.05, 4.69) is 64.7 Å². The lowest BCUT2D eigenvalue weighted by atomic mass is 10.1. The zero-order chi connectivity index (χ0) is 17.4. The van der Waals surface area contributed by atoms with Crippen LogP contribution in [0.4, 0.5) is 0 Å². The molecular weight excluding hydrogens is 332 g/mol. The van der Waals surface area contributed by atoms with Gasteiger partial charge in [-0.05, 0) is 43.7 Å². The van der Waals surface area contributed by atoms with Crippen LogP contribution in [0.15, 0.2) is 54.7 Å². The molecule has 0 atom stereocenters. The molecule has 0 unspecified atom stereocenters. The Kier molecular flexibility index (Phi) is 4.24. The minimum atomic E-state index is 0.587. The Labute approximate surface area is 152 Å². The Morgan fingerprint density at radius 1 is 1.08 bits per heavy atom. The van der Waals surface area contributed by atoms with Crippen LogP contribution >= 0.6 is 11.6 Å². The van der Waals surface area contributed by atoms with E-state index in [1.54, 1.807) is 0 Å². The average Bonchev–Trinajstić information content (AvgIpc) is 3.12. The molecule has 0 amide bonds. The molecule has 2 aromatic carbocycles. The zero-order valence-electron chi connectivity index (χ0n) is 14.5. The van der Waals surface area contributed by atoms with Gasteiger partial charge in [0.05, 0.1) is 35.9 Å². The quantitative estimate of drug-likeness (QED) is 0.585. The first kappa shape index (κ1) is 16.2. The van der Waals surface area contributed by atoms with Crippen molar-refractivity contribution in [1.82, 2.24) is 14.0 Å². The molecule has 4 aromatic rings. The number of rotatable bonds is 5. The van der Waals surface area contributed by atoms with Crippen LogP contribution in [0.3, 0.4) is 0 Å². The van der Waals surface area contributed by atoms with Crippen molar-refractivity contribution in [1.29, 1.82) is 0 Å².